The highest BCUT2D eigenvalue weighted by molar-refractivity contribution is 6.14. The van der Waals surface area contributed by atoms with Crippen molar-refractivity contribution in [1.29, 1.82) is 5.26 Å². The smallest absolute Gasteiger partial charge is 0.259 e. The van der Waals surface area contributed by atoms with Crippen molar-refractivity contribution in [2.24, 2.45) is 5.73 Å². The van der Waals surface area contributed by atoms with E-state index in [2.05, 4.69) is 6.58 Å². The lowest BCUT2D eigenvalue weighted by Crippen LogP contribution is -2.49. The lowest BCUT2D eigenvalue weighted by atomic mass is 9.69. The summed E-state index contributed by atoms with van der Waals surface area (Å²) in [5.74, 6) is -0.987. The minimum Gasteiger partial charge on any atom is -0.440 e. The number of para-hydroxylation sites is 1. The van der Waals surface area contributed by atoms with Gasteiger partial charge in [0.2, 0.25) is 11.8 Å². The summed E-state index contributed by atoms with van der Waals surface area (Å²) in [7, 11) is 0. The topological polar surface area (TPSA) is 101 Å². The van der Waals surface area contributed by atoms with E-state index in [-0.39, 0.29) is 35.9 Å². The maximum absolute atomic E-state index is 14.4. The lowest BCUT2D eigenvalue weighted by molar-refractivity contribution is -0.121. The summed E-state index contributed by atoms with van der Waals surface area (Å²) in [5, 5.41) is 10.2. The van der Waals surface area contributed by atoms with Gasteiger partial charge in [0, 0.05) is 29.6 Å². The Hall–Kier alpha value is -4.64. The number of nitriles is 1. The van der Waals surface area contributed by atoms with Crippen molar-refractivity contribution in [2.75, 3.05) is 4.90 Å². The van der Waals surface area contributed by atoms with Gasteiger partial charge in [-0.05, 0) is 30.7 Å². The predicted octanol–water partition coefficient (Wildman–Crippen LogP) is 3.40. The van der Waals surface area contributed by atoms with Crippen LogP contribution in [0.4, 0.5) is 10.1 Å². The number of fused-ring (bicyclic) bond motifs is 4. The molecule has 3 aromatic rings. The number of ether oxygens (including phenoxy) is 1. The first kappa shape index (κ1) is 22.2. The average Bonchev–Trinajstić information content (AvgIpc) is 3.07. The van der Waals surface area contributed by atoms with Gasteiger partial charge in [-0.3, -0.25) is 9.59 Å². The van der Waals surface area contributed by atoms with Crippen LogP contribution in [-0.2, 0) is 23.3 Å². The molecule has 1 amide bonds. The lowest BCUT2D eigenvalue weighted by Gasteiger charge is -2.34. The molecule has 0 saturated heterocycles. The summed E-state index contributed by atoms with van der Waals surface area (Å²) >= 11 is 0. The van der Waals surface area contributed by atoms with E-state index >= 15 is 0 Å². The van der Waals surface area contributed by atoms with Crippen LogP contribution in [0.3, 0.4) is 0 Å². The minimum absolute atomic E-state index is 0.0368. The van der Waals surface area contributed by atoms with Gasteiger partial charge in [-0.15, -0.1) is 6.58 Å². The number of nitrogens with two attached hydrogens (primary N) is 1. The number of hydrogen-bond donors (Lipinski definition) is 1. The van der Waals surface area contributed by atoms with E-state index < -0.39 is 22.7 Å². The minimum atomic E-state index is -1.78. The van der Waals surface area contributed by atoms with Crippen LogP contribution in [0.2, 0.25) is 0 Å². The third kappa shape index (κ3) is 3.02. The molecule has 7 nitrogen and oxygen atoms in total. The normalized spacial score (nSPS) is 18.2. The fourth-order valence-electron chi connectivity index (χ4n) is 5.01. The highest BCUT2D eigenvalue weighted by Gasteiger charge is 2.60. The molecule has 0 radical (unpaired) electrons. The number of hydrogen-bond acceptors (Lipinski definition) is 5. The molecule has 174 valence electrons. The average molecular weight is 468 g/mol. The van der Waals surface area contributed by atoms with Gasteiger partial charge in [0.15, 0.2) is 5.41 Å². The monoisotopic (exact) mass is 468 g/mol. The van der Waals surface area contributed by atoms with E-state index in [1.807, 2.05) is 6.07 Å². The van der Waals surface area contributed by atoms with Gasteiger partial charge in [-0.25, -0.2) is 4.39 Å². The molecular weight excluding hydrogens is 447 g/mol. The molecule has 3 heterocycles. The number of amides is 1. The number of carbonyl (C=O) groups excluding carboxylic acids is 1. The molecule has 1 atom stereocenters. The zero-order chi connectivity index (χ0) is 24.9. The molecule has 0 saturated carbocycles. The zero-order valence-electron chi connectivity index (χ0n) is 18.9. The molecule has 35 heavy (non-hydrogen) atoms. The zero-order valence-corrected chi connectivity index (χ0v) is 18.9. The Morgan fingerprint density at radius 2 is 1.91 bits per heavy atom. The highest BCUT2D eigenvalue weighted by Crippen LogP contribution is 2.54. The number of aryl methyl sites for hydroxylation is 1. The Morgan fingerprint density at radius 3 is 2.60 bits per heavy atom. The summed E-state index contributed by atoms with van der Waals surface area (Å²) in [4.78, 5) is 29.7. The molecule has 1 unspecified atom stereocenters. The summed E-state index contributed by atoms with van der Waals surface area (Å²) in [6, 6.07) is 16.5. The van der Waals surface area contributed by atoms with Crippen LogP contribution in [0.25, 0.3) is 0 Å². The highest BCUT2D eigenvalue weighted by atomic mass is 19.1. The van der Waals surface area contributed by atoms with Crippen molar-refractivity contribution in [3.8, 4) is 11.8 Å². The first-order valence-electron chi connectivity index (χ1n) is 10.9. The first-order valence-corrected chi connectivity index (χ1v) is 10.9. The van der Waals surface area contributed by atoms with Crippen molar-refractivity contribution in [3.63, 3.8) is 0 Å². The van der Waals surface area contributed by atoms with Crippen molar-refractivity contribution in [2.45, 2.75) is 25.4 Å². The van der Waals surface area contributed by atoms with Gasteiger partial charge in [0.05, 0.1) is 12.1 Å². The molecule has 0 fully saturated rings. The number of benzene rings is 2. The molecule has 5 rings (SSSR count). The summed E-state index contributed by atoms with van der Waals surface area (Å²) < 4.78 is 20.7. The molecule has 2 aromatic carbocycles. The number of pyridine rings is 1. The third-order valence-electron chi connectivity index (χ3n) is 6.53. The summed E-state index contributed by atoms with van der Waals surface area (Å²) in [6.45, 7) is 5.79. The van der Waals surface area contributed by atoms with Gasteiger partial charge < -0.3 is 19.9 Å². The van der Waals surface area contributed by atoms with E-state index in [0.717, 1.165) is 0 Å². The second-order valence-corrected chi connectivity index (χ2v) is 8.47. The van der Waals surface area contributed by atoms with E-state index in [1.165, 1.54) is 21.6 Å². The van der Waals surface area contributed by atoms with Crippen LogP contribution in [0, 0.1) is 24.1 Å². The maximum atomic E-state index is 14.4. The molecule has 1 spiro atoms. The third-order valence-corrected chi connectivity index (χ3v) is 6.53. The van der Waals surface area contributed by atoms with Gasteiger partial charge in [-0.2, -0.15) is 5.26 Å². The van der Waals surface area contributed by atoms with E-state index in [0.29, 0.717) is 22.5 Å². The molecule has 2 aliphatic heterocycles. The first-order chi connectivity index (χ1) is 16.8. The Balaban J connectivity index is 1.83. The Kier molecular flexibility index (Phi) is 5.06. The van der Waals surface area contributed by atoms with Crippen molar-refractivity contribution in [1.82, 2.24) is 4.57 Å². The summed E-state index contributed by atoms with van der Waals surface area (Å²) in [5.41, 5.74) is 6.11. The molecule has 1 aromatic heterocycles. The molecular formula is C27H21FN4O3. The van der Waals surface area contributed by atoms with Crippen molar-refractivity contribution >= 4 is 11.6 Å². The number of allylic oxidation sites excluding steroid dienone is 1. The number of carbonyl (C=O) groups is 1. The van der Waals surface area contributed by atoms with E-state index in [9.17, 15) is 19.2 Å². The van der Waals surface area contributed by atoms with Crippen molar-refractivity contribution < 1.29 is 13.9 Å². The van der Waals surface area contributed by atoms with E-state index in [1.54, 1.807) is 55.5 Å². The molecule has 8 heteroatoms. The largest absolute Gasteiger partial charge is 0.440 e. The SMILES string of the molecule is C=CCn1c(C)cc2c(c1=O)C1(C(=O)N(Cc3ccc(F)cc3)c3ccccc31)C(C#N)=C(N)O2. The second-order valence-electron chi connectivity index (χ2n) is 8.47. The maximum Gasteiger partial charge on any atom is 0.259 e. The van der Waals surface area contributed by atoms with Gasteiger partial charge >= 0.3 is 0 Å². The van der Waals surface area contributed by atoms with Crippen LogP contribution in [-0.4, -0.2) is 10.5 Å². The van der Waals surface area contributed by atoms with Crippen LogP contribution < -0.4 is 20.9 Å². The Labute approximate surface area is 200 Å². The fourth-order valence-corrected chi connectivity index (χ4v) is 5.01. The fraction of sp³-hybridized carbons (Fsp3) is 0.148. The van der Waals surface area contributed by atoms with Crippen LogP contribution in [0.15, 0.2) is 83.5 Å². The standard InChI is InChI=1S/C27H21FN4O3/c1-3-12-31-16(2)13-22-23(25(31)33)27(20(14-29)24(30)35-22)19-6-4-5-7-21(19)32(26(27)34)15-17-8-10-18(28)11-9-17/h3-11,13H,1,12,15,30H2,2H3. The molecule has 2 N–H and O–H groups in total. The number of nitrogens with zero attached hydrogens (tertiary/aromatic N) is 3. The van der Waals surface area contributed by atoms with Gasteiger partial charge in [0.1, 0.15) is 23.2 Å². The Bertz CT molecular complexity index is 1530. The molecule has 2 aliphatic rings. The Morgan fingerprint density at radius 1 is 1.20 bits per heavy atom. The van der Waals surface area contributed by atoms with E-state index in [4.69, 9.17) is 10.5 Å². The van der Waals surface area contributed by atoms with Gasteiger partial charge in [-0.1, -0.05) is 36.4 Å². The number of rotatable bonds is 4. The number of aromatic nitrogens is 1. The van der Waals surface area contributed by atoms with Gasteiger partial charge in [0.25, 0.3) is 5.56 Å². The van der Waals surface area contributed by atoms with Crippen LogP contribution >= 0.6 is 0 Å². The molecule has 0 bridgehead atoms. The van der Waals surface area contributed by atoms with Crippen molar-refractivity contribution in [3.05, 3.63) is 117 Å². The number of halogens is 1. The predicted molar refractivity (Wildman–Crippen MR) is 128 cm³/mol. The second kappa shape index (κ2) is 7.99. The summed E-state index contributed by atoms with van der Waals surface area (Å²) in [6.07, 6.45) is 1.58. The quantitative estimate of drug-likeness (QED) is 0.592. The number of anilines is 1. The van der Waals surface area contributed by atoms with Crippen LogP contribution in [0.5, 0.6) is 5.75 Å². The van der Waals surface area contributed by atoms with Crippen LogP contribution in [0.1, 0.15) is 22.4 Å². The molecule has 0 aliphatic carbocycles.